The van der Waals surface area contributed by atoms with E-state index in [0.717, 1.165) is 0 Å². The molecule has 0 fully saturated rings. The second kappa shape index (κ2) is 4.40. The van der Waals surface area contributed by atoms with Gasteiger partial charge >= 0.3 is 0 Å². The van der Waals surface area contributed by atoms with Crippen LogP contribution in [0.3, 0.4) is 0 Å². The molecule has 2 aromatic rings. The van der Waals surface area contributed by atoms with E-state index in [1.807, 2.05) is 11.5 Å². The fourth-order valence-corrected chi connectivity index (χ4v) is 1.66. The molecular formula is C11H13FN4. The summed E-state index contributed by atoms with van der Waals surface area (Å²) in [5.74, 6) is 1.08. The quantitative estimate of drug-likeness (QED) is 0.854. The van der Waals surface area contributed by atoms with Crippen molar-refractivity contribution in [2.45, 2.75) is 20.0 Å². The van der Waals surface area contributed by atoms with Crippen molar-refractivity contribution in [3.63, 3.8) is 0 Å². The lowest BCUT2D eigenvalue weighted by Gasteiger charge is -2.06. The summed E-state index contributed by atoms with van der Waals surface area (Å²) in [6.45, 7) is 3.02. The lowest BCUT2D eigenvalue weighted by atomic mass is 10.2. The largest absolute Gasteiger partial charge is 0.324 e. The van der Waals surface area contributed by atoms with Gasteiger partial charge in [0.1, 0.15) is 11.6 Å². The zero-order valence-electron chi connectivity index (χ0n) is 9.02. The van der Waals surface area contributed by atoms with E-state index in [-0.39, 0.29) is 5.82 Å². The Bertz CT molecular complexity index is 492. The number of nitrogens with two attached hydrogens (primary N) is 1. The van der Waals surface area contributed by atoms with Crippen molar-refractivity contribution in [3.05, 3.63) is 35.9 Å². The van der Waals surface area contributed by atoms with E-state index in [1.165, 1.54) is 12.1 Å². The van der Waals surface area contributed by atoms with Crippen LogP contribution < -0.4 is 5.73 Å². The Morgan fingerprint density at radius 3 is 2.81 bits per heavy atom. The van der Waals surface area contributed by atoms with Gasteiger partial charge in [-0.2, -0.15) is 0 Å². The molecule has 0 radical (unpaired) electrons. The van der Waals surface area contributed by atoms with Gasteiger partial charge in [0.2, 0.25) is 0 Å². The summed E-state index contributed by atoms with van der Waals surface area (Å²) >= 11 is 0. The second-order valence-electron chi connectivity index (χ2n) is 3.40. The number of halogens is 1. The molecule has 5 heteroatoms. The van der Waals surface area contributed by atoms with Crippen LogP contribution >= 0.6 is 0 Å². The molecule has 0 unspecified atom stereocenters. The molecular weight excluding hydrogens is 207 g/mol. The molecule has 2 rings (SSSR count). The Kier molecular flexibility index (Phi) is 2.96. The molecule has 1 aromatic carbocycles. The Labute approximate surface area is 92.9 Å². The first kappa shape index (κ1) is 10.8. The van der Waals surface area contributed by atoms with Crippen LogP contribution in [0.25, 0.3) is 11.4 Å². The van der Waals surface area contributed by atoms with E-state index in [2.05, 4.69) is 10.2 Å². The number of hydrogen-bond donors (Lipinski definition) is 1. The molecule has 4 nitrogen and oxygen atoms in total. The minimum Gasteiger partial charge on any atom is -0.324 e. The van der Waals surface area contributed by atoms with Crippen LogP contribution in [0.4, 0.5) is 4.39 Å². The Hall–Kier alpha value is -1.75. The van der Waals surface area contributed by atoms with Crippen LogP contribution in [0.1, 0.15) is 12.7 Å². The predicted octanol–water partition coefficient (Wildman–Crippen LogP) is 1.56. The van der Waals surface area contributed by atoms with Gasteiger partial charge in [-0.25, -0.2) is 4.39 Å². The van der Waals surface area contributed by atoms with Crippen molar-refractivity contribution in [3.8, 4) is 11.4 Å². The lowest BCUT2D eigenvalue weighted by molar-refractivity contribution is 0.627. The third kappa shape index (κ3) is 1.81. The van der Waals surface area contributed by atoms with Crippen LogP contribution in [-0.4, -0.2) is 14.8 Å². The van der Waals surface area contributed by atoms with Gasteiger partial charge in [0, 0.05) is 12.1 Å². The average Bonchev–Trinajstić information content (AvgIpc) is 2.71. The lowest BCUT2D eigenvalue weighted by Crippen LogP contribution is -2.08. The highest BCUT2D eigenvalue weighted by Crippen LogP contribution is 2.18. The zero-order chi connectivity index (χ0) is 11.5. The van der Waals surface area contributed by atoms with E-state index in [9.17, 15) is 4.39 Å². The zero-order valence-corrected chi connectivity index (χ0v) is 9.02. The van der Waals surface area contributed by atoms with Crippen LogP contribution in [0, 0.1) is 5.82 Å². The fourth-order valence-electron chi connectivity index (χ4n) is 1.66. The number of nitrogens with zero attached hydrogens (tertiary/aromatic N) is 3. The number of benzene rings is 1. The van der Waals surface area contributed by atoms with Crippen LogP contribution in [0.15, 0.2) is 24.3 Å². The maximum Gasteiger partial charge on any atom is 0.164 e. The first-order chi connectivity index (χ1) is 7.76. The summed E-state index contributed by atoms with van der Waals surface area (Å²) in [7, 11) is 0. The van der Waals surface area contributed by atoms with Crippen molar-refractivity contribution in [2.75, 3.05) is 0 Å². The standard InChI is InChI=1S/C11H13FN4/c1-2-16-10(7-13)14-15-11(16)8-4-3-5-9(12)6-8/h3-6H,2,7,13H2,1H3. The third-order valence-electron chi connectivity index (χ3n) is 2.41. The van der Waals surface area contributed by atoms with Gasteiger partial charge in [-0.05, 0) is 19.1 Å². The monoisotopic (exact) mass is 220 g/mol. The molecule has 0 saturated heterocycles. The first-order valence-corrected chi connectivity index (χ1v) is 5.14. The molecule has 16 heavy (non-hydrogen) atoms. The number of hydrogen-bond acceptors (Lipinski definition) is 3. The van der Waals surface area contributed by atoms with Crippen molar-refractivity contribution in [1.82, 2.24) is 14.8 Å². The normalized spacial score (nSPS) is 10.7. The molecule has 0 bridgehead atoms. The Morgan fingerprint density at radius 1 is 1.38 bits per heavy atom. The van der Waals surface area contributed by atoms with Gasteiger partial charge in [0.05, 0.1) is 6.54 Å². The molecule has 1 heterocycles. The Balaban J connectivity index is 2.51. The summed E-state index contributed by atoms with van der Waals surface area (Å²) in [5, 5.41) is 8.01. The molecule has 0 saturated carbocycles. The van der Waals surface area contributed by atoms with Gasteiger partial charge in [0.25, 0.3) is 0 Å². The molecule has 84 valence electrons. The van der Waals surface area contributed by atoms with Gasteiger partial charge in [-0.3, -0.25) is 0 Å². The van der Waals surface area contributed by atoms with Crippen molar-refractivity contribution in [1.29, 1.82) is 0 Å². The van der Waals surface area contributed by atoms with Gasteiger partial charge in [-0.1, -0.05) is 12.1 Å². The summed E-state index contributed by atoms with van der Waals surface area (Å²) < 4.78 is 15.0. The SMILES string of the molecule is CCn1c(CN)nnc1-c1cccc(F)c1. The second-order valence-corrected chi connectivity index (χ2v) is 3.40. The van der Waals surface area contributed by atoms with Crippen molar-refractivity contribution < 1.29 is 4.39 Å². The summed E-state index contributed by atoms with van der Waals surface area (Å²) in [5.41, 5.74) is 6.27. The average molecular weight is 220 g/mol. The topological polar surface area (TPSA) is 56.7 Å². The fraction of sp³-hybridized carbons (Fsp3) is 0.273. The molecule has 2 N–H and O–H groups in total. The number of rotatable bonds is 3. The van der Waals surface area contributed by atoms with Crippen LogP contribution in [-0.2, 0) is 13.1 Å². The van der Waals surface area contributed by atoms with Crippen LogP contribution in [0.5, 0.6) is 0 Å². The van der Waals surface area contributed by atoms with Crippen molar-refractivity contribution in [2.24, 2.45) is 5.73 Å². The van der Waals surface area contributed by atoms with Crippen molar-refractivity contribution >= 4 is 0 Å². The maximum absolute atomic E-state index is 13.1. The van der Waals surface area contributed by atoms with Gasteiger partial charge in [0.15, 0.2) is 5.82 Å². The molecule has 0 spiro atoms. The predicted molar refractivity (Wildman–Crippen MR) is 59.0 cm³/mol. The summed E-state index contributed by atoms with van der Waals surface area (Å²) in [6, 6.07) is 6.30. The minimum absolute atomic E-state index is 0.280. The Morgan fingerprint density at radius 2 is 2.19 bits per heavy atom. The highest BCUT2D eigenvalue weighted by atomic mass is 19.1. The van der Waals surface area contributed by atoms with E-state index < -0.39 is 0 Å². The third-order valence-corrected chi connectivity index (χ3v) is 2.41. The first-order valence-electron chi connectivity index (χ1n) is 5.14. The van der Waals surface area contributed by atoms with Gasteiger partial charge < -0.3 is 10.3 Å². The maximum atomic E-state index is 13.1. The van der Waals surface area contributed by atoms with E-state index >= 15 is 0 Å². The van der Waals surface area contributed by atoms with E-state index in [4.69, 9.17) is 5.73 Å². The highest BCUT2D eigenvalue weighted by Gasteiger charge is 2.11. The summed E-state index contributed by atoms with van der Waals surface area (Å²) in [4.78, 5) is 0. The highest BCUT2D eigenvalue weighted by molar-refractivity contribution is 5.55. The molecule has 0 atom stereocenters. The molecule has 0 aliphatic heterocycles. The summed E-state index contributed by atoms with van der Waals surface area (Å²) in [6.07, 6.45) is 0. The minimum atomic E-state index is -0.280. The van der Waals surface area contributed by atoms with E-state index in [1.54, 1.807) is 12.1 Å². The van der Waals surface area contributed by atoms with E-state index in [0.29, 0.717) is 30.3 Å². The number of aromatic nitrogens is 3. The smallest absolute Gasteiger partial charge is 0.164 e. The van der Waals surface area contributed by atoms with Gasteiger partial charge in [-0.15, -0.1) is 10.2 Å². The molecule has 0 aliphatic carbocycles. The molecule has 1 aromatic heterocycles. The van der Waals surface area contributed by atoms with Crippen LogP contribution in [0.2, 0.25) is 0 Å². The molecule has 0 amide bonds. The molecule has 0 aliphatic rings.